The minimum atomic E-state index is -3.28. The Morgan fingerprint density at radius 1 is 1.24 bits per heavy atom. The normalized spacial score (nSPS) is 19.5. The Morgan fingerprint density at radius 3 is 2.67 bits per heavy atom. The Kier molecular flexibility index (Phi) is 8.01. The van der Waals surface area contributed by atoms with Crippen LogP contribution in [-0.2, 0) is 16.1 Å². The van der Waals surface area contributed by atoms with Crippen LogP contribution < -0.4 is 10.1 Å². The van der Waals surface area contributed by atoms with Crippen molar-refractivity contribution in [2.24, 2.45) is 0 Å². The van der Waals surface area contributed by atoms with Gasteiger partial charge in [-0.1, -0.05) is 30.3 Å². The highest BCUT2D eigenvalue weighted by Gasteiger charge is 2.34. The maximum atomic E-state index is 11.7. The van der Waals surface area contributed by atoms with E-state index < -0.39 is 16.7 Å². The number of carboxylic acids is 1. The standard InChI is InChI=1S/C24H32N2O6S/c1-16-8-9-18(19(13-24(28)29)10-11-23(27)25-3)12-20(16)15-26-14-17(2)32-21-6-4-5-7-22(21)33(26,30)31/h4-9,12,17,19,30-31H,10-11,13-15H2,1-3H3,(H,25,27)(H,28,29). The van der Waals surface area contributed by atoms with Gasteiger partial charge in [-0.3, -0.25) is 18.7 Å². The second kappa shape index (κ2) is 10.6. The maximum Gasteiger partial charge on any atom is 0.303 e. The number of carboxylic acid groups (broad SMARTS) is 1. The number of carbonyl (C=O) groups is 2. The van der Waals surface area contributed by atoms with Crippen LogP contribution in [0.4, 0.5) is 0 Å². The van der Waals surface area contributed by atoms with E-state index in [9.17, 15) is 23.8 Å². The molecule has 9 heteroatoms. The van der Waals surface area contributed by atoms with E-state index in [1.54, 1.807) is 35.6 Å². The van der Waals surface area contributed by atoms with Crippen LogP contribution in [0.15, 0.2) is 47.4 Å². The maximum absolute atomic E-state index is 11.7. The molecule has 0 bridgehead atoms. The molecule has 1 aliphatic heterocycles. The van der Waals surface area contributed by atoms with E-state index in [1.165, 1.54) is 0 Å². The van der Waals surface area contributed by atoms with Crippen LogP contribution in [0, 0.1) is 6.92 Å². The van der Waals surface area contributed by atoms with Gasteiger partial charge in [-0.2, -0.15) is 4.31 Å². The summed E-state index contributed by atoms with van der Waals surface area (Å²) in [6.45, 7) is 4.40. The van der Waals surface area contributed by atoms with Crippen molar-refractivity contribution in [2.45, 2.75) is 56.6 Å². The molecule has 0 saturated carbocycles. The summed E-state index contributed by atoms with van der Waals surface area (Å²) < 4.78 is 29.9. The van der Waals surface area contributed by atoms with Gasteiger partial charge in [0.15, 0.2) is 0 Å². The number of hydrogen-bond donors (Lipinski definition) is 4. The number of amides is 1. The Hall–Kier alpha value is -2.59. The van der Waals surface area contributed by atoms with Crippen LogP contribution in [0.3, 0.4) is 0 Å². The van der Waals surface area contributed by atoms with Crippen molar-refractivity contribution >= 4 is 22.7 Å². The van der Waals surface area contributed by atoms with Gasteiger partial charge in [0.05, 0.1) is 13.0 Å². The van der Waals surface area contributed by atoms with E-state index in [2.05, 4.69) is 5.32 Å². The van der Waals surface area contributed by atoms with Gasteiger partial charge in [0, 0.05) is 20.0 Å². The Balaban J connectivity index is 1.91. The van der Waals surface area contributed by atoms with Gasteiger partial charge in [0.1, 0.15) is 16.7 Å². The van der Waals surface area contributed by atoms with E-state index in [0.29, 0.717) is 23.6 Å². The van der Waals surface area contributed by atoms with Gasteiger partial charge in [-0.25, -0.2) is 0 Å². The molecule has 2 aromatic rings. The molecule has 1 aliphatic rings. The molecule has 0 fully saturated rings. The van der Waals surface area contributed by atoms with Gasteiger partial charge in [-0.15, -0.1) is 10.8 Å². The first kappa shape index (κ1) is 25.0. The third-order valence-corrected chi connectivity index (χ3v) is 7.83. The summed E-state index contributed by atoms with van der Waals surface area (Å²) >= 11 is 0. The molecule has 1 amide bonds. The zero-order valence-corrected chi connectivity index (χ0v) is 20.0. The Bertz CT molecular complexity index is 1010. The summed E-state index contributed by atoms with van der Waals surface area (Å²) in [5.41, 5.74) is 2.65. The molecule has 1 heterocycles. The highest BCUT2D eigenvalue weighted by Crippen LogP contribution is 2.57. The summed E-state index contributed by atoms with van der Waals surface area (Å²) in [4.78, 5) is 23.5. The van der Waals surface area contributed by atoms with Crippen molar-refractivity contribution in [1.29, 1.82) is 0 Å². The fourth-order valence-corrected chi connectivity index (χ4v) is 5.71. The molecule has 2 atom stereocenters. The number of aryl methyl sites for hydroxylation is 1. The number of benzene rings is 2. The summed E-state index contributed by atoms with van der Waals surface area (Å²) in [5.74, 6) is -0.924. The van der Waals surface area contributed by atoms with E-state index in [0.717, 1.165) is 16.7 Å². The number of aliphatic carboxylic acids is 1. The molecule has 2 aromatic carbocycles. The minimum Gasteiger partial charge on any atom is -0.487 e. The van der Waals surface area contributed by atoms with Gasteiger partial charge in [0.25, 0.3) is 0 Å². The topological polar surface area (TPSA) is 119 Å². The third-order valence-electron chi connectivity index (χ3n) is 5.90. The van der Waals surface area contributed by atoms with Crippen molar-refractivity contribution in [3.8, 4) is 5.75 Å². The van der Waals surface area contributed by atoms with E-state index in [-0.39, 0.29) is 37.3 Å². The predicted molar refractivity (Wildman–Crippen MR) is 128 cm³/mol. The number of rotatable bonds is 8. The highest BCUT2D eigenvalue weighted by atomic mass is 32.3. The van der Waals surface area contributed by atoms with Crippen molar-refractivity contribution in [3.05, 3.63) is 59.2 Å². The number of carbonyl (C=O) groups excluding carboxylic acids is 1. The van der Waals surface area contributed by atoms with Gasteiger partial charge in [-0.05, 0) is 55.0 Å². The molecule has 180 valence electrons. The summed E-state index contributed by atoms with van der Waals surface area (Å²) in [6, 6.07) is 12.7. The highest BCUT2D eigenvalue weighted by molar-refractivity contribution is 8.22. The molecule has 0 radical (unpaired) electrons. The molecule has 8 nitrogen and oxygen atoms in total. The van der Waals surface area contributed by atoms with E-state index in [4.69, 9.17) is 4.74 Å². The van der Waals surface area contributed by atoms with Crippen LogP contribution in [0.2, 0.25) is 0 Å². The second-order valence-corrected chi connectivity index (χ2v) is 10.4. The number of nitrogens with zero attached hydrogens (tertiary/aromatic N) is 1. The zero-order valence-electron chi connectivity index (χ0n) is 19.2. The monoisotopic (exact) mass is 476 g/mol. The second-order valence-electron chi connectivity index (χ2n) is 8.41. The van der Waals surface area contributed by atoms with Crippen molar-refractivity contribution < 1.29 is 28.5 Å². The molecule has 2 unspecified atom stereocenters. The third kappa shape index (κ3) is 6.05. The lowest BCUT2D eigenvalue weighted by molar-refractivity contribution is -0.137. The number of ether oxygens (including phenoxy) is 1. The van der Waals surface area contributed by atoms with Gasteiger partial charge in [0.2, 0.25) is 5.91 Å². The van der Waals surface area contributed by atoms with Crippen LogP contribution in [0.1, 0.15) is 48.8 Å². The first-order chi connectivity index (χ1) is 15.6. The molecule has 0 aliphatic carbocycles. The van der Waals surface area contributed by atoms with Crippen LogP contribution in [0.25, 0.3) is 0 Å². The Labute approximate surface area is 196 Å². The van der Waals surface area contributed by atoms with Crippen LogP contribution in [0.5, 0.6) is 5.75 Å². The van der Waals surface area contributed by atoms with Crippen LogP contribution in [-0.4, -0.2) is 50.1 Å². The molecule has 3 rings (SSSR count). The zero-order chi connectivity index (χ0) is 24.2. The molecule has 33 heavy (non-hydrogen) atoms. The van der Waals surface area contributed by atoms with E-state index in [1.807, 2.05) is 32.0 Å². The average molecular weight is 477 g/mol. The lowest BCUT2D eigenvalue weighted by Gasteiger charge is -2.42. The number of fused-ring (bicyclic) bond motifs is 1. The lowest BCUT2D eigenvalue weighted by Crippen LogP contribution is -2.33. The lowest BCUT2D eigenvalue weighted by atomic mass is 9.89. The quantitative estimate of drug-likeness (QED) is 0.446. The number of para-hydroxylation sites is 1. The van der Waals surface area contributed by atoms with E-state index >= 15 is 0 Å². The molecule has 4 N–H and O–H groups in total. The SMILES string of the molecule is CNC(=O)CCC(CC(=O)O)c1ccc(C)c(CN2CC(C)Oc3ccccc3S2(O)O)c1. The van der Waals surface area contributed by atoms with Crippen molar-refractivity contribution in [3.63, 3.8) is 0 Å². The first-order valence-corrected chi connectivity index (χ1v) is 12.4. The molecule has 0 spiro atoms. The fourth-order valence-electron chi connectivity index (χ4n) is 4.05. The summed E-state index contributed by atoms with van der Waals surface area (Å²) in [7, 11) is -1.73. The van der Waals surface area contributed by atoms with Crippen LogP contribution >= 0.6 is 10.8 Å². The molecular formula is C24H32N2O6S. The van der Waals surface area contributed by atoms with Gasteiger partial charge < -0.3 is 15.2 Å². The van der Waals surface area contributed by atoms with Crippen molar-refractivity contribution in [2.75, 3.05) is 13.6 Å². The largest absolute Gasteiger partial charge is 0.487 e. The minimum absolute atomic E-state index is 0.0867. The molecule has 0 saturated heterocycles. The van der Waals surface area contributed by atoms with Gasteiger partial charge >= 0.3 is 5.97 Å². The van der Waals surface area contributed by atoms with Crippen molar-refractivity contribution in [1.82, 2.24) is 9.62 Å². The fraction of sp³-hybridized carbons (Fsp3) is 0.417. The summed E-state index contributed by atoms with van der Waals surface area (Å²) in [5, 5.41) is 12.0. The smallest absolute Gasteiger partial charge is 0.303 e. The summed E-state index contributed by atoms with van der Waals surface area (Å²) in [6.07, 6.45) is 0.300. The molecule has 0 aromatic heterocycles. The predicted octanol–water partition coefficient (Wildman–Crippen LogP) is 4.39. The average Bonchev–Trinajstić information content (AvgIpc) is 2.86. The molecular weight excluding hydrogens is 444 g/mol. The number of hydrogen-bond acceptors (Lipinski definition) is 6. The number of nitrogens with one attached hydrogen (secondary N) is 1. The Morgan fingerprint density at radius 2 is 1.97 bits per heavy atom. The first-order valence-electron chi connectivity index (χ1n) is 10.9.